The van der Waals surface area contributed by atoms with Crippen molar-refractivity contribution in [2.24, 2.45) is 0 Å². The molecular weight excluding hydrogens is 323 g/mol. The molecule has 1 heterocycles. The highest BCUT2D eigenvalue weighted by Crippen LogP contribution is 2.41. The molecule has 6 nitrogen and oxygen atoms in total. The Kier molecular flexibility index (Phi) is 4.67. The van der Waals surface area contributed by atoms with Crippen LogP contribution in [0.15, 0.2) is 35.4 Å². The minimum Gasteiger partial charge on any atom is -0.471 e. The molecule has 2 rings (SSSR count). The molecule has 0 atom stereocenters. The van der Waals surface area contributed by atoms with Gasteiger partial charge in [-0.1, -0.05) is 11.2 Å². The number of rotatable bonds is 5. The average molecular weight is 331 g/mol. The van der Waals surface area contributed by atoms with Gasteiger partial charge < -0.3 is 14.7 Å². The van der Waals surface area contributed by atoms with E-state index >= 15 is 0 Å². The molecule has 1 aromatic heterocycles. The van der Waals surface area contributed by atoms with Crippen molar-refractivity contribution in [1.82, 2.24) is 9.94 Å². The Morgan fingerprint density at radius 1 is 1.36 bits per heavy atom. The molecule has 22 heavy (non-hydrogen) atoms. The van der Waals surface area contributed by atoms with Gasteiger partial charge in [0.25, 0.3) is 6.26 Å². The second kappa shape index (κ2) is 6.48. The summed E-state index contributed by atoms with van der Waals surface area (Å²) in [6.45, 7) is -0.312. The van der Waals surface area contributed by atoms with Gasteiger partial charge in [0.05, 0.1) is 6.20 Å². The van der Waals surface area contributed by atoms with E-state index in [-0.39, 0.29) is 40.5 Å². The van der Waals surface area contributed by atoms with E-state index in [1.807, 2.05) is 0 Å². The van der Waals surface area contributed by atoms with Crippen LogP contribution in [0.1, 0.15) is 5.56 Å². The highest BCUT2D eigenvalue weighted by atomic mass is 32.2. The summed E-state index contributed by atoms with van der Waals surface area (Å²) in [6, 6.07) is 5.26. The van der Waals surface area contributed by atoms with Crippen molar-refractivity contribution in [2.45, 2.75) is 17.0 Å². The van der Waals surface area contributed by atoms with Crippen molar-refractivity contribution in [1.29, 1.82) is 5.26 Å². The first-order valence-corrected chi connectivity index (χ1v) is 6.52. The normalized spacial score (nSPS) is 11.0. The second-order valence-corrected chi connectivity index (χ2v) is 4.94. The summed E-state index contributed by atoms with van der Waals surface area (Å²) < 4.78 is 47.6. The second-order valence-electron chi connectivity index (χ2n) is 3.84. The summed E-state index contributed by atoms with van der Waals surface area (Å²) in [4.78, 5) is 0.349. The number of nitriles is 1. The Morgan fingerprint density at radius 3 is 2.73 bits per heavy atom. The molecule has 1 N–H and O–H groups in total. The summed E-state index contributed by atoms with van der Waals surface area (Å²) in [5, 5.41) is 21.1. The molecule has 10 heteroatoms. The Balaban J connectivity index is 2.26. The third-order valence-corrected chi connectivity index (χ3v) is 3.22. The van der Waals surface area contributed by atoms with Gasteiger partial charge in [-0.3, -0.25) is 0 Å². The van der Waals surface area contributed by atoms with E-state index in [1.54, 1.807) is 0 Å². The van der Waals surface area contributed by atoms with Crippen molar-refractivity contribution in [3.8, 4) is 17.9 Å². The average Bonchev–Trinajstić information content (AvgIpc) is 2.82. The van der Waals surface area contributed by atoms with Crippen molar-refractivity contribution in [2.75, 3.05) is 0 Å². The number of thioether (sulfide) groups is 1. The highest BCUT2D eigenvalue weighted by molar-refractivity contribution is 8.00. The molecule has 116 valence electrons. The molecule has 0 radical (unpaired) electrons. The summed E-state index contributed by atoms with van der Waals surface area (Å²) in [6.07, 6.45) is 2.60. The van der Waals surface area contributed by atoms with E-state index in [9.17, 15) is 13.2 Å². The number of halogens is 3. The van der Waals surface area contributed by atoms with Gasteiger partial charge in [-0.15, -0.1) is 10.1 Å². The quantitative estimate of drug-likeness (QED) is 0.515. The third-order valence-electron chi connectivity index (χ3n) is 2.39. The number of hydrogen-bond donors (Lipinski definition) is 1. The maximum atomic E-state index is 12.6. The standard InChI is InChI=1S/C12H8F3N3O3S/c13-12(14,15)22-10-3-1-2-9(21-7-16)8(10)6-20-11-4-5-18(19)17-11/h1-5,19H,6H2. The fourth-order valence-corrected chi connectivity index (χ4v) is 2.25. The van der Waals surface area contributed by atoms with Gasteiger partial charge in [0.15, 0.2) is 0 Å². The van der Waals surface area contributed by atoms with E-state index < -0.39 is 5.51 Å². The van der Waals surface area contributed by atoms with Gasteiger partial charge in [-0.25, -0.2) is 0 Å². The number of alkyl halides is 3. The van der Waals surface area contributed by atoms with E-state index in [0.29, 0.717) is 4.85 Å². The van der Waals surface area contributed by atoms with Crippen LogP contribution in [-0.4, -0.2) is 20.7 Å². The van der Waals surface area contributed by atoms with Crippen LogP contribution < -0.4 is 9.47 Å². The highest BCUT2D eigenvalue weighted by Gasteiger charge is 2.31. The molecule has 0 aliphatic heterocycles. The lowest BCUT2D eigenvalue weighted by atomic mass is 10.2. The van der Waals surface area contributed by atoms with Crippen molar-refractivity contribution in [3.63, 3.8) is 0 Å². The zero-order valence-electron chi connectivity index (χ0n) is 10.7. The number of nitrogens with zero attached hydrogens (tertiary/aromatic N) is 3. The van der Waals surface area contributed by atoms with Crippen molar-refractivity contribution >= 4 is 11.8 Å². The molecule has 2 aromatic rings. The van der Waals surface area contributed by atoms with Gasteiger partial charge in [0.2, 0.25) is 5.88 Å². The van der Waals surface area contributed by atoms with E-state index in [1.165, 1.54) is 36.7 Å². The molecular formula is C12H8F3N3O3S. The maximum absolute atomic E-state index is 12.6. The van der Waals surface area contributed by atoms with Gasteiger partial charge >= 0.3 is 5.51 Å². The minimum atomic E-state index is -4.49. The first kappa shape index (κ1) is 15.8. The summed E-state index contributed by atoms with van der Waals surface area (Å²) in [5.41, 5.74) is -4.44. The predicted octanol–water partition coefficient (Wildman–Crippen LogP) is 3.17. The number of benzene rings is 1. The van der Waals surface area contributed by atoms with Crippen LogP contribution in [0.4, 0.5) is 13.2 Å². The molecule has 0 bridgehead atoms. The molecule has 0 fully saturated rings. The van der Waals surface area contributed by atoms with Crippen LogP contribution >= 0.6 is 11.8 Å². The molecule has 0 saturated heterocycles. The third kappa shape index (κ3) is 4.23. The fourth-order valence-electron chi connectivity index (χ4n) is 1.57. The Labute approximate surface area is 126 Å². The summed E-state index contributed by atoms with van der Waals surface area (Å²) >= 11 is -0.337. The van der Waals surface area contributed by atoms with E-state index in [0.717, 1.165) is 0 Å². The van der Waals surface area contributed by atoms with Gasteiger partial charge in [0, 0.05) is 16.5 Å². The van der Waals surface area contributed by atoms with Crippen LogP contribution in [0.2, 0.25) is 0 Å². The zero-order chi connectivity index (χ0) is 16.2. The van der Waals surface area contributed by atoms with Gasteiger partial charge in [-0.05, 0) is 23.9 Å². The monoisotopic (exact) mass is 331 g/mol. The molecule has 0 amide bonds. The Morgan fingerprint density at radius 2 is 2.14 bits per heavy atom. The molecule has 0 aliphatic rings. The van der Waals surface area contributed by atoms with Gasteiger partial charge in [-0.2, -0.15) is 13.2 Å². The minimum absolute atomic E-state index is 0.0113. The molecule has 1 aromatic carbocycles. The lowest BCUT2D eigenvalue weighted by molar-refractivity contribution is -0.0328. The van der Waals surface area contributed by atoms with E-state index in [2.05, 4.69) is 9.84 Å². The lowest BCUT2D eigenvalue weighted by Gasteiger charge is -2.13. The van der Waals surface area contributed by atoms with Crippen LogP contribution in [0, 0.1) is 11.5 Å². The van der Waals surface area contributed by atoms with Crippen molar-refractivity contribution < 1.29 is 27.9 Å². The summed E-state index contributed by atoms with van der Waals surface area (Å²) in [5.74, 6) is -0.0302. The Hall–Kier alpha value is -2.54. The van der Waals surface area contributed by atoms with Crippen molar-refractivity contribution in [3.05, 3.63) is 36.0 Å². The number of hydrogen-bond acceptors (Lipinski definition) is 6. The van der Waals surface area contributed by atoms with E-state index in [4.69, 9.17) is 15.2 Å². The van der Waals surface area contributed by atoms with Crippen LogP contribution in [0.25, 0.3) is 0 Å². The maximum Gasteiger partial charge on any atom is 0.446 e. The number of ether oxygens (including phenoxy) is 2. The van der Waals surface area contributed by atoms with Gasteiger partial charge in [0.1, 0.15) is 12.4 Å². The summed E-state index contributed by atoms with van der Waals surface area (Å²) in [7, 11) is 0. The molecule has 0 unspecified atom stereocenters. The largest absolute Gasteiger partial charge is 0.471 e. The first-order valence-electron chi connectivity index (χ1n) is 5.70. The Bertz CT molecular complexity index is 697. The van der Waals surface area contributed by atoms with Crippen LogP contribution in [0.5, 0.6) is 11.6 Å². The van der Waals surface area contributed by atoms with Crippen LogP contribution in [-0.2, 0) is 6.61 Å². The first-order chi connectivity index (χ1) is 10.4. The molecule has 0 aliphatic carbocycles. The predicted molar refractivity (Wildman–Crippen MR) is 68.3 cm³/mol. The molecule has 0 saturated carbocycles. The topological polar surface area (TPSA) is 80.3 Å². The zero-order valence-corrected chi connectivity index (χ0v) is 11.6. The number of aromatic nitrogens is 2. The molecule has 0 spiro atoms. The van der Waals surface area contributed by atoms with Crippen LogP contribution in [0.3, 0.4) is 0 Å². The smallest absolute Gasteiger partial charge is 0.446 e. The fraction of sp³-hybridized carbons (Fsp3) is 0.167. The SMILES string of the molecule is N#COc1cccc(SC(F)(F)F)c1COc1ccn(O)n1. The lowest BCUT2D eigenvalue weighted by Crippen LogP contribution is -2.05.